The van der Waals surface area contributed by atoms with Gasteiger partial charge in [0.2, 0.25) is 0 Å². The molecule has 0 bridgehead atoms. The van der Waals surface area contributed by atoms with E-state index in [1.807, 2.05) is 0 Å². The molecule has 2 N–H and O–H groups in total. The monoisotopic (exact) mass is 747 g/mol. The van der Waals surface area contributed by atoms with E-state index in [2.05, 4.69) is 0 Å². The second-order valence-corrected chi connectivity index (χ2v) is 5.21. The molecule has 0 amide bonds. The first-order valence-corrected chi connectivity index (χ1v) is 8.08. The Kier molecular flexibility index (Phi) is 57.9. The minimum atomic E-state index is -2.97. The number of hydrogen-bond acceptors (Lipinski definition) is 18. The molecular weight excluding hydrogens is 740 g/mol. The molecule has 0 saturated carbocycles. The average Bonchev–Trinajstić information content (AvgIpc) is 2.53. The Balaban J connectivity index is -0.0000000447. The van der Waals surface area contributed by atoms with E-state index in [9.17, 15) is 59.4 Å². The number of carbonyl (C=O) groups is 6. The van der Waals surface area contributed by atoms with Gasteiger partial charge in [-0.1, -0.05) is 0 Å². The molecule has 0 heterocycles. The zero-order valence-corrected chi connectivity index (χ0v) is 26.3. The van der Waals surface area contributed by atoms with Crippen LogP contribution in [0.15, 0.2) is 0 Å². The molecule has 0 aliphatic rings. The summed E-state index contributed by atoms with van der Waals surface area (Å²) in [5.41, 5.74) is -5.95. The van der Waals surface area contributed by atoms with Crippen molar-refractivity contribution in [2.75, 3.05) is 0 Å². The molecule has 0 rings (SSSR count). The molecule has 3 radical (unpaired) electrons. The molecule has 0 saturated heterocycles. The van der Waals surface area contributed by atoms with Gasteiger partial charge in [0.15, 0.2) is 0 Å². The van der Waals surface area contributed by atoms with Crippen LogP contribution in [-0.4, -0.2) is 57.2 Å². The normalized spacial score (nSPS) is 8.59. The molecule has 0 fully saturated rings. The van der Waals surface area contributed by atoms with Crippen LogP contribution in [0, 0.1) is 22.7 Å². The molecule has 0 aliphatic heterocycles. The van der Waals surface area contributed by atoms with Crippen LogP contribution in [0.25, 0.3) is 0 Å². The van der Waals surface area contributed by atoms with Crippen LogP contribution in [0.3, 0.4) is 0 Å². The summed E-state index contributed by atoms with van der Waals surface area (Å²) in [4.78, 5) is 60.0. The largest absolute Gasteiger partial charge is 2.00 e. The summed E-state index contributed by atoms with van der Waals surface area (Å²) in [5, 5.41) is 77.9. The summed E-state index contributed by atoms with van der Waals surface area (Å²) in [6.45, 7) is 0. The second-order valence-electron chi connectivity index (χ2n) is 4.96. The van der Waals surface area contributed by atoms with E-state index in [0.29, 0.717) is 0 Å². The van der Waals surface area contributed by atoms with Crippen LogP contribution in [-0.2, 0) is 80.0 Å². The fourth-order valence-electron chi connectivity index (χ4n) is 1.37. The van der Waals surface area contributed by atoms with Crippen LogP contribution < -0.4 is 108 Å². The van der Waals surface area contributed by atoms with Crippen LogP contribution >= 0.6 is 0 Å². The van der Waals surface area contributed by atoms with Crippen molar-refractivity contribution in [3.8, 4) is 0 Å². The van der Waals surface area contributed by atoms with Gasteiger partial charge in [0, 0.05) is 49.6 Å². The first-order chi connectivity index (χ1) is 14.4. The zero-order valence-electron chi connectivity index (χ0n) is 17.9. The quantitative estimate of drug-likeness (QED) is 0.196. The molecule has 0 aliphatic carbocycles. The fourth-order valence-corrected chi connectivity index (χ4v) is 1.37. The van der Waals surface area contributed by atoms with Gasteiger partial charge in [-0.25, -0.2) is 0 Å². The maximum atomic E-state index is 10.1. The molecule has 18 nitrogen and oxygen atoms in total. The van der Waals surface area contributed by atoms with E-state index in [-0.39, 0.29) is 110 Å². The van der Waals surface area contributed by atoms with Gasteiger partial charge in [-0.15, -0.1) is 0 Å². The predicted octanol–water partition coefficient (Wildman–Crippen LogP) is -21.3. The van der Waals surface area contributed by atoms with Crippen LogP contribution in [0.1, 0.15) is 25.7 Å². The van der Waals surface area contributed by atoms with Crippen LogP contribution in [0.5, 0.6) is 0 Å². The summed E-state index contributed by atoms with van der Waals surface area (Å²) >= 11 is -0.833. The Bertz CT molecular complexity index is 573. The summed E-state index contributed by atoms with van der Waals surface area (Å²) in [6, 6.07) is 0. The average molecular weight is 750 g/mol. The zero-order chi connectivity index (χ0) is 26.7. The molecule has 215 valence electrons. The van der Waals surface area contributed by atoms with E-state index >= 15 is 0 Å². The maximum Gasteiger partial charge on any atom is 2.00 e. The van der Waals surface area contributed by atoms with E-state index in [4.69, 9.17) is 28.8 Å². The number of halogens is 2. The first-order valence-electron chi connectivity index (χ1n) is 6.84. The van der Waals surface area contributed by atoms with Crippen molar-refractivity contribution in [2.45, 2.75) is 36.9 Å². The van der Waals surface area contributed by atoms with Crippen molar-refractivity contribution in [3.05, 3.63) is 0 Å². The number of rotatable bonds is 10. The number of aliphatic carboxylic acids is 6. The molecule has 0 aromatic carbocycles. The number of hydrogen-bond donors (Lipinski definition) is 2. The number of carboxylic acids is 6. The maximum absolute atomic E-state index is 10.1. The molecule has 37 heavy (non-hydrogen) atoms. The summed E-state index contributed by atoms with van der Waals surface area (Å²) in [5.74, 6) is -12.0. The standard InChI is InChI=1S/2C6H8O7.2ClO2.3Cu.2Na/c2*7-3(8)1-6(13,5(11)12)2-4(9)10;2*2-1-3;;;;;/h2*13H,1-2H2,(H,7,8)(H,9,10)(H,11,12);;;;;;;/q;;2*-1;3*+2;2*+1/p-6. The Labute approximate surface area is 290 Å². The van der Waals surface area contributed by atoms with Gasteiger partial charge in [0.05, 0.1) is 34.6 Å². The summed E-state index contributed by atoms with van der Waals surface area (Å²) in [7, 11) is 0. The number of aliphatic hydroxyl groups is 2. The van der Waals surface area contributed by atoms with E-state index in [1.165, 1.54) is 0 Å². The molecule has 0 atom stereocenters. The Hall–Kier alpha value is 0.718. The topological polar surface area (TPSA) is 373 Å². The fraction of sp³-hybridized carbons (Fsp3) is 0.500. The van der Waals surface area contributed by atoms with E-state index < -0.39 is 95.4 Å². The van der Waals surface area contributed by atoms with Crippen molar-refractivity contribution in [1.82, 2.24) is 0 Å². The smallest absolute Gasteiger partial charge is 0.550 e. The van der Waals surface area contributed by atoms with Crippen molar-refractivity contribution >= 4 is 35.8 Å². The molecule has 0 aromatic rings. The van der Waals surface area contributed by atoms with Gasteiger partial charge >= 0.3 is 110 Å². The molecular formula is C12H10Cl2Cu3Na2O18. The van der Waals surface area contributed by atoms with E-state index in [0.717, 1.165) is 0 Å². The van der Waals surface area contributed by atoms with Crippen molar-refractivity contribution in [3.63, 3.8) is 0 Å². The third-order valence-electron chi connectivity index (χ3n) is 2.51. The third kappa shape index (κ3) is 41.3. The van der Waals surface area contributed by atoms with Crippen LogP contribution in [0.2, 0.25) is 0 Å². The number of carboxylic acid groups (broad SMARTS) is 6. The minimum absolute atomic E-state index is 0. The Morgan fingerprint density at radius 2 is 0.595 bits per heavy atom. The molecule has 0 aromatic heterocycles. The second kappa shape index (κ2) is 34.7. The number of carbonyl (C=O) groups excluding carboxylic acids is 6. The van der Waals surface area contributed by atoms with Gasteiger partial charge in [0.1, 0.15) is 11.2 Å². The van der Waals surface area contributed by atoms with Gasteiger partial charge in [-0.2, -0.15) is 0 Å². The Morgan fingerprint density at radius 3 is 0.649 bits per heavy atom. The van der Waals surface area contributed by atoms with E-state index in [1.54, 1.807) is 0 Å². The summed E-state index contributed by atoms with van der Waals surface area (Å²) < 4.78 is 32.9. The third-order valence-corrected chi connectivity index (χ3v) is 2.51. The first kappa shape index (κ1) is 61.7. The summed E-state index contributed by atoms with van der Waals surface area (Å²) in [6.07, 6.45) is -5.43. The van der Waals surface area contributed by atoms with Gasteiger partial charge < -0.3 is 88.3 Å². The van der Waals surface area contributed by atoms with Crippen molar-refractivity contribution in [1.29, 1.82) is 0 Å². The molecule has 25 heteroatoms. The molecule has 0 spiro atoms. The van der Waals surface area contributed by atoms with Gasteiger partial charge in [-0.05, 0) is 0 Å². The Morgan fingerprint density at radius 1 is 0.486 bits per heavy atom. The van der Waals surface area contributed by atoms with Crippen LogP contribution in [0.4, 0.5) is 0 Å². The minimum Gasteiger partial charge on any atom is -0.550 e. The SMILES string of the molecule is O=C([O-])CC(O)(CC(=O)[O-])C(=O)[O-].O=C([O-])CC(O)(CC(=O)[O-])C(=O)[O-].[Cu+2].[Cu+2].[Cu+2].[Na+].[Na+].[O-][Cl+][O-].[O-][Cl+][O-]. The van der Waals surface area contributed by atoms with Crippen molar-refractivity contribution < 1.29 is 221 Å². The predicted molar refractivity (Wildman–Crippen MR) is 58.4 cm³/mol. The van der Waals surface area contributed by atoms with Gasteiger partial charge in [-0.3, -0.25) is 0 Å². The van der Waals surface area contributed by atoms with Gasteiger partial charge in [0.25, 0.3) is 0 Å². The van der Waals surface area contributed by atoms with Crippen molar-refractivity contribution in [2.24, 2.45) is 0 Å². The molecule has 0 unspecified atom stereocenters.